The summed E-state index contributed by atoms with van der Waals surface area (Å²) in [5.41, 5.74) is 6.46. The van der Waals surface area contributed by atoms with Gasteiger partial charge in [0.15, 0.2) is 11.5 Å². The molecule has 0 aliphatic carbocycles. The van der Waals surface area contributed by atoms with Crippen molar-refractivity contribution < 1.29 is 9.47 Å². The van der Waals surface area contributed by atoms with Crippen LogP contribution < -0.4 is 20.8 Å². The highest BCUT2D eigenvalue weighted by Gasteiger charge is 2.23. The molecule has 0 spiro atoms. The molecule has 1 aliphatic rings. The van der Waals surface area contributed by atoms with Crippen LogP contribution in [0.25, 0.3) is 11.1 Å². The molecule has 1 aromatic heterocycles. The summed E-state index contributed by atoms with van der Waals surface area (Å²) in [5.74, 6) is 1.00. The minimum atomic E-state index is -0.633. The molecule has 108 valence electrons. The number of anilines is 1. The molecule has 2 heterocycles. The second kappa shape index (κ2) is 4.83. The van der Waals surface area contributed by atoms with E-state index in [9.17, 15) is 15.3 Å². The van der Waals surface area contributed by atoms with Crippen molar-refractivity contribution in [1.82, 2.24) is 4.98 Å². The van der Waals surface area contributed by atoms with E-state index in [0.717, 1.165) is 5.56 Å². The number of pyridine rings is 1. The maximum Gasteiger partial charge on any atom is 0.268 e. The Labute approximate surface area is 125 Å². The number of benzene rings is 1. The van der Waals surface area contributed by atoms with Gasteiger partial charge in [-0.15, -0.1) is 0 Å². The number of nitrogens with two attached hydrogens (primary N) is 1. The third-order valence-electron chi connectivity index (χ3n) is 3.46. The summed E-state index contributed by atoms with van der Waals surface area (Å²) < 4.78 is 10.6. The average molecular weight is 294 g/mol. The molecule has 0 saturated carbocycles. The van der Waals surface area contributed by atoms with Crippen LogP contribution in [0, 0.1) is 29.6 Å². The van der Waals surface area contributed by atoms with Crippen LogP contribution in [0.5, 0.6) is 11.5 Å². The Kier molecular flexibility index (Phi) is 2.97. The summed E-state index contributed by atoms with van der Waals surface area (Å²) in [5, 5.41) is 18.6. The number of nitrogens with one attached hydrogen (secondary N) is 1. The van der Waals surface area contributed by atoms with Crippen molar-refractivity contribution in [3.63, 3.8) is 0 Å². The van der Waals surface area contributed by atoms with Crippen LogP contribution in [0.1, 0.15) is 16.7 Å². The van der Waals surface area contributed by atoms with Gasteiger partial charge in [0.1, 0.15) is 29.1 Å². The predicted octanol–water partition coefficient (Wildman–Crippen LogP) is 1.40. The molecule has 0 unspecified atom stereocenters. The van der Waals surface area contributed by atoms with Gasteiger partial charge in [0, 0.05) is 5.56 Å². The molecule has 1 aromatic carbocycles. The Morgan fingerprint density at radius 2 is 1.82 bits per heavy atom. The first-order valence-corrected chi connectivity index (χ1v) is 6.33. The molecule has 1 aliphatic heterocycles. The largest absolute Gasteiger partial charge is 0.454 e. The van der Waals surface area contributed by atoms with Crippen molar-refractivity contribution in [1.29, 1.82) is 10.5 Å². The van der Waals surface area contributed by atoms with Gasteiger partial charge in [-0.05, 0) is 30.2 Å². The summed E-state index contributed by atoms with van der Waals surface area (Å²) >= 11 is 0. The molecule has 3 rings (SSSR count). The van der Waals surface area contributed by atoms with Crippen LogP contribution in [-0.4, -0.2) is 11.8 Å². The normalized spacial score (nSPS) is 11.8. The van der Waals surface area contributed by atoms with Crippen LogP contribution in [0.2, 0.25) is 0 Å². The summed E-state index contributed by atoms with van der Waals surface area (Å²) in [7, 11) is 0. The van der Waals surface area contributed by atoms with E-state index in [2.05, 4.69) is 4.98 Å². The van der Waals surface area contributed by atoms with E-state index in [-0.39, 0.29) is 29.3 Å². The van der Waals surface area contributed by atoms with E-state index in [4.69, 9.17) is 15.2 Å². The second-order valence-corrected chi connectivity index (χ2v) is 4.74. The fraction of sp³-hybridized carbons (Fsp3) is 0.133. The Bertz CT molecular complexity index is 932. The van der Waals surface area contributed by atoms with Gasteiger partial charge in [-0.25, -0.2) is 0 Å². The lowest BCUT2D eigenvalue weighted by atomic mass is 9.93. The Hall–Kier alpha value is -3.45. The molecular weight excluding hydrogens is 284 g/mol. The predicted molar refractivity (Wildman–Crippen MR) is 77.2 cm³/mol. The monoisotopic (exact) mass is 294 g/mol. The Morgan fingerprint density at radius 3 is 2.45 bits per heavy atom. The molecular formula is C15H10N4O3. The van der Waals surface area contributed by atoms with E-state index >= 15 is 0 Å². The number of fused-ring (bicyclic) bond motifs is 1. The molecule has 7 heteroatoms. The summed E-state index contributed by atoms with van der Waals surface area (Å²) in [6.45, 7) is 1.89. The molecule has 0 atom stereocenters. The Balaban J connectivity index is 2.41. The average Bonchev–Trinajstić information content (AvgIpc) is 2.92. The summed E-state index contributed by atoms with van der Waals surface area (Å²) in [4.78, 5) is 14.3. The number of hydrogen-bond acceptors (Lipinski definition) is 6. The number of nitriles is 2. The zero-order valence-corrected chi connectivity index (χ0v) is 11.6. The topological polar surface area (TPSA) is 125 Å². The van der Waals surface area contributed by atoms with Gasteiger partial charge in [0.2, 0.25) is 6.79 Å². The highest BCUT2D eigenvalue weighted by Crippen LogP contribution is 2.40. The maximum atomic E-state index is 12.0. The van der Waals surface area contributed by atoms with Gasteiger partial charge in [0.05, 0.1) is 0 Å². The van der Waals surface area contributed by atoms with Crippen molar-refractivity contribution >= 4 is 5.82 Å². The van der Waals surface area contributed by atoms with Crippen LogP contribution >= 0.6 is 0 Å². The number of rotatable bonds is 1. The van der Waals surface area contributed by atoms with Crippen molar-refractivity contribution in [3.8, 4) is 34.8 Å². The van der Waals surface area contributed by atoms with Gasteiger partial charge in [-0.3, -0.25) is 4.79 Å². The molecule has 0 saturated heterocycles. The fourth-order valence-electron chi connectivity index (χ4n) is 2.43. The number of ether oxygens (including phenoxy) is 2. The van der Waals surface area contributed by atoms with Crippen LogP contribution in [0.15, 0.2) is 16.9 Å². The molecule has 0 radical (unpaired) electrons. The molecule has 3 N–H and O–H groups in total. The highest BCUT2D eigenvalue weighted by molar-refractivity contribution is 5.83. The molecule has 0 bridgehead atoms. The van der Waals surface area contributed by atoms with Crippen LogP contribution in [0.4, 0.5) is 5.82 Å². The van der Waals surface area contributed by atoms with E-state index in [1.807, 2.05) is 12.1 Å². The molecule has 0 fully saturated rings. The minimum Gasteiger partial charge on any atom is -0.454 e. The van der Waals surface area contributed by atoms with Gasteiger partial charge < -0.3 is 20.2 Å². The second-order valence-electron chi connectivity index (χ2n) is 4.74. The molecule has 22 heavy (non-hydrogen) atoms. The van der Waals surface area contributed by atoms with Crippen molar-refractivity contribution in [2.45, 2.75) is 6.92 Å². The van der Waals surface area contributed by atoms with Crippen LogP contribution in [0.3, 0.4) is 0 Å². The molecule has 2 aromatic rings. The summed E-state index contributed by atoms with van der Waals surface area (Å²) in [6, 6.07) is 7.16. The number of hydrogen-bond donors (Lipinski definition) is 2. The van der Waals surface area contributed by atoms with Gasteiger partial charge in [0.25, 0.3) is 5.56 Å². The van der Waals surface area contributed by atoms with Gasteiger partial charge >= 0.3 is 0 Å². The summed E-state index contributed by atoms with van der Waals surface area (Å²) in [6.07, 6.45) is 0. The van der Waals surface area contributed by atoms with Crippen molar-refractivity contribution in [2.75, 3.05) is 12.5 Å². The SMILES string of the molecule is Cc1cc2c(cc1-c1c(C#N)c(N)[nH]c(=O)c1C#N)OCO2. The number of aryl methyl sites for hydroxylation is 1. The number of H-pyrrole nitrogens is 1. The van der Waals surface area contributed by atoms with Crippen molar-refractivity contribution in [3.05, 3.63) is 39.2 Å². The quantitative estimate of drug-likeness (QED) is 0.819. The number of aromatic nitrogens is 1. The lowest BCUT2D eigenvalue weighted by Crippen LogP contribution is -2.16. The first-order chi connectivity index (χ1) is 10.6. The smallest absolute Gasteiger partial charge is 0.268 e. The third kappa shape index (κ3) is 1.85. The zero-order valence-electron chi connectivity index (χ0n) is 11.6. The fourth-order valence-corrected chi connectivity index (χ4v) is 2.43. The first kappa shape index (κ1) is 13.5. The van der Waals surface area contributed by atoms with E-state index in [1.54, 1.807) is 19.1 Å². The van der Waals surface area contributed by atoms with E-state index in [1.165, 1.54) is 0 Å². The number of aromatic amines is 1. The van der Waals surface area contributed by atoms with Crippen LogP contribution in [-0.2, 0) is 0 Å². The lowest BCUT2D eigenvalue weighted by Gasteiger charge is -2.12. The third-order valence-corrected chi connectivity index (χ3v) is 3.46. The highest BCUT2D eigenvalue weighted by atomic mass is 16.7. The number of nitrogen functional groups attached to an aromatic ring is 1. The van der Waals surface area contributed by atoms with E-state index in [0.29, 0.717) is 17.1 Å². The molecule has 0 amide bonds. The maximum absolute atomic E-state index is 12.0. The van der Waals surface area contributed by atoms with Gasteiger partial charge in [-0.1, -0.05) is 0 Å². The minimum absolute atomic E-state index is 0.0538. The number of nitrogens with zero attached hydrogens (tertiary/aromatic N) is 2. The lowest BCUT2D eigenvalue weighted by molar-refractivity contribution is 0.174. The zero-order chi connectivity index (χ0) is 15.9. The van der Waals surface area contributed by atoms with E-state index < -0.39 is 5.56 Å². The standard InChI is InChI=1S/C15H10N4O3/c1-7-2-11-12(22-6-21-11)3-8(7)13-9(4-16)14(18)19-15(20)10(13)5-17/h2-3H,6H2,1H3,(H3,18,19,20). The molecule has 7 nitrogen and oxygen atoms in total. The van der Waals surface area contributed by atoms with Crippen molar-refractivity contribution in [2.24, 2.45) is 0 Å². The first-order valence-electron chi connectivity index (χ1n) is 6.33. The Morgan fingerprint density at radius 1 is 1.18 bits per heavy atom. The van der Waals surface area contributed by atoms with Gasteiger partial charge in [-0.2, -0.15) is 10.5 Å².